The van der Waals surface area contributed by atoms with Gasteiger partial charge in [0.05, 0.1) is 11.4 Å². The molecular weight excluding hydrogens is 703 g/mol. The highest BCUT2D eigenvalue weighted by Crippen LogP contribution is 2.80. The van der Waals surface area contributed by atoms with Gasteiger partial charge in [-0.25, -0.2) is 0 Å². The molecule has 0 atom stereocenters. The summed E-state index contributed by atoms with van der Waals surface area (Å²) in [6.07, 6.45) is 0. The molecule has 55 heavy (non-hydrogen) atoms. The first-order valence-corrected chi connectivity index (χ1v) is 21.3. The number of aryl methyl sites for hydroxylation is 2. The summed E-state index contributed by atoms with van der Waals surface area (Å²) in [6.45, 7) is 4.36. The molecule has 9 aromatic rings. The molecule has 0 N–H and O–H groups in total. The van der Waals surface area contributed by atoms with Gasteiger partial charge in [-0.05, 0) is 130 Å². The van der Waals surface area contributed by atoms with Crippen molar-refractivity contribution < 1.29 is 0 Å². The first-order chi connectivity index (χ1) is 27.1. The quantitative estimate of drug-likeness (QED) is 0.177. The Bertz CT molecular complexity index is 2930. The Hall–Kier alpha value is -6.00. The molecule has 262 valence electrons. The number of hydrogen-bond acceptors (Lipinski definition) is 2. The molecule has 2 aliphatic rings. The summed E-state index contributed by atoms with van der Waals surface area (Å²) in [7, 11) is -1.71. The fraction of sp³-hybridized carbons (Fsp3) is 0.0385. The average Bonchev–Trinajstić information content (AvgIpc) is 3.53. The summed E-state index contributed by atoms with van der Waals surface area (Å²) in [4.78, 5) is 10.6. The zero-order chi connectivity index (χ0) is 36.7. The standard InChI is InChI=1S/C52H37NS2/c1-34-15-24-42(25-16-34)55(43-26-17-35(2)18-27-43)50-14-8-7-13-45(50)46-32-39(22-30-51(46)55)40-21-29-49-48(33-40)53(41-23-19-36-9-3-4-11-38(36)31-41)47-28-20-37-10-5-6-12-44(37)52(47)54-49/h3-33H,1-2H3. The number of rotatable bonds is 4. The molecule has 0 saturated carbocycles. The zero-order valence-corrected chi connectivity index (χ0v) is 32.3. The van der Waals surface area contributed by atoms with Crippen LogP contribution in [0.15, 0.2) is 217 Å². The second-order valence-electron chi connectivity index (χ2n) is 14.7. The van der Waals surface area contributed by atoms with Crippen LogP contribution in [0.4, 0.5) is 17.1 Å². The van der Waals surface area contributed by atoms with E-state index in [9.17, 15) is 0 Å². The Balaban J connectivity index is 1.11. The molecule has 1 nitrogen and oxygen atoms in total. The minimum Gasteiger partial charge on any atom is -0.308 e. The summed E-state index contributed by atoms with van der Waals surface area (Å²) < 4.78 is 0. The van der Waals surface area contributed by atoms with E-state index in [0.717, 1.165) is 0 Å². The molecule has 0 amide bonds. The van der Waals surface area contributed by atoms with Gasteiger partial charge in [0.2, 0.25) is 0 Å². The molecule has 2 heterocycles. The zero-order valence-electron chi connectivity index (χ0n) is 30.7. The van der Waals surface area contributed by atoms with E-state index in [1.165, 1.54) is 101 Å². The lowest BCUT2D eigenvalue weighted by Gasteiger charge is -2.39. The van der Waals surface area contributed by atoms with Crippen molar-refractivity contribution in [3.8, 4) is 22.3 Å². The van der Waals surface area contributed by atoms with Crippen molar-refractivity contribution in [2.75, 3.05) is 4.90 Å². The molecule has 3 heteroatoms. The van der Waals surface area contributed by atoms with Crippen molar-refractivity contribution in [3.63, 3.8) is 0 Å². The molecule has 0 spiro atoms. The number of fused-ring (bicyclic) bond motifs is 8. The number of benzene rings is 9. The van der Waals surface area contributed by atoms with E-state index < -0.39 is 10.0 Å². The molecule has 0 bridgehead atoms. The number of hydrogen-bond donors (Lipinski definition) is 0. The van der Waals surface area contributed by atoms with Crippen molar-refractivity contribution in [2.24, 2.45) is 0 Å². The first-order valence-electron chi connectivity index (χ1n) is 18.9. The normalized spacial score (nSPS) is 14.3. The van der Waals surface area contributed by atoms with Crippen molar-refractivity contribution in [1.82, 2.24) is 0 Å². The molecule has 0 aliphatic carbocycles. The number of anilines is 3. The molecule has 0 fully saturated rings. The number of nitrogens with zero attached hydrogens (tertiary/aromatic N) is 1. The monoisotopic (exact) mass is 739 g/mol. The summed E-state index contributed by atoms with van der Waals surface area (Å²) in [6, 6.07) is 70.9. The van der Waals surface area contributed by atoms with Crippen molar-refractivity contribution >= 4 is 60.4 Å². The minimum absolute atomic E-state index is 1.17. The van der Waals surface area contributed by atoms with E-state index in [4.69, 9.17) is 0 Å². The summed E-state index contributed by atoms with van der Waals surface area (Å²) >= 11 is 1.89. The predicted molar refractivity (Wildman–Crippen MR) is 234 cm³/mol. The average molecular weight is 740 g/mol. The third-order valence-corrected chi connectivity index (χ3v) is 16.6. The topological polar surface area (TPSA) is 3.24 Å². The van der Waals surface area contributed by atoms with Gasteiger partial charge in [0, 0.05) is 35.1 Å². The van der Waals surface area contributed by atoms with Crippen LogP contribution in [0.1, 0.15) is 11.1 Å². The van der Waals surface area contributed by atoms with Crippen LogP contribution in [-0.4, -0.2) is 0 Å². The lowest BCUT2D eigenvalue weighted by molar-refractivity contribution is 1.18. The minimum atomic E-state index is -1.71. The van der Waals surface area contributed by atoms with Gasteiger partial charge >= 0.3 is 0 Å². The van der Waals surface area contributed by atoms with E-state index in [-0.39, 0.29) is 0 Å². The second-order valence-corrected chi connectivity index (χ2v) is 18.8. The van der Waals surface area contributed by atoms with Crippen molar-refractivity contribution in [2.45, 2.75) is 43.2 Å². The van der Waals surface area contributed by atoms with Gasteiger partial charge in [0.1, 0.15) is 0 Å². The van der Waals surface area contributed by atoms with Gasteiger partial charge in [-0.15, -0.1) is 10.0 Å². The largest absolute Gasteiger partial charge is 0.308 e. The van der Waals surface area contributed by atoms with Gasteiger partial charge in [-0.3, -0.25) is 0 Å². The predicted octanol–water partition coefficient (Wildman–Crippen LogP) is 15.5. The molecule has 2 aliphatic heterocycles. The Labute approximate surface area is 328 Å². The van der Waals surface area contributed by atoms with Crippen LogP contribution in [0.2, 0.25) is 0 Å². The van der Waals surface area contributed by atoms with E-state index in [2.05, 4.69) is 207 Å². The molecule has 0 unspecified atom stereocenters. The maximum Gasteiger partial charge on any atom is 0.0608 e. The van der Waals surface area contributed by atoms with Crippen LogP contribution in [0.3, 0.4) is 0 Å². The molecule has 0 aromatic heterocycles. The van der Waals surface area contributed by atoms with Crippen molar-refractivity contribution in [1.29, 1.82) is 0 Å². The summed E-state index contributed by atoms with van der Waals surface area (Å²) in [5, 5.41) is 5.04. The Kier molecular flexibility index (Phi) is 7.39. The molecular formula is C52H37NS2. The first kappa shape index (κ1) is 32.4. The second kappa shape index (κ2) is 12.5. The molecule has 0 saturated heterocycles. The Morgan fingerprint density at radius 1 is 0.436 bits per heavy atom. The van der Waals surface area contributed by atoms with Crippen LogP contribution in [0.25, 0.3) is 43.8 Å². The maximum atomic E-state index is 2.48. The van der Waals surface area contributed by atoms with Crippen LogP contribution in [0, 0.1) is 13.8 Å². The van der Waals surface area contributed by atoms with Crippen LogP contribution < -0.4 is 4.90 Å². The van der Waals surface area contributed by atoms with Gasteiger partial charge < -0.3 is 4.90 Å². The SMILES string of the molecule is Cc1ccc(S2(c3ccc(C)cc3)c3ccccc3-c3cc(-c4ccc5c(c4)N(c4ccc6ccccc6c4)c4ccc6ccccc6c4S5)ccc32)cc1. The molecule has 0 radical (unpaired) electrons. The lowest BCUT2D eigenvalue weighted by atomic mass is 9.98. The smallest absolute Gasteiger partial charge is 0.0608 e. The maximum absolute atomic E-state index is 2.48. The fourth-order valence-electron chi connectivity index (χ4n) is 8.70. The highest BCUT2D eigenvalue weighted by atomic mass is 32.3. The third kappa shape index (κ3) is 4.97. The van der Waals surface area contributed by atoms with Gasteiger partial charge in [0.15, 0.2) is 0 Å². The van der Waals surface area contributed by atoms with Crippen LogP contribution in [0.5, 0.6) is 0 Å². The van der Waals surface area contributed by atoms with E-state index in [1.807, 2.05) is 11.8 Å². The van der Waals surface area contributed by atoms with E-state index in [1.54, 1.807) is 0 Å². The van der Waals surface area contributed by atoms with Crippen molar-refractivity contribution in [3.05, 3.63) is 199 Å². The fourth-order valence-corrected chi connectivity index (χ4v) is 14.0. The Morgan fingerprint density at radius 2 is 1.05 bits per heavy atom. The molecule has 9 aromatic carbocycles. The Morgan fingerprint density at radius 3 is 1.84 bits per heavy atom. The highest BCUT2D eigenvalue weighted by Gasteiger charge is 2.42. The summed E-state index contributed by atoms with van der Waals surface area (Å²) in [5.74, 6) is 0. The van der Waals surface area contributed by atoms with E-state index in [0.29, 0.717) is 0 Å². The highest BCUT2D eigenvalue weighted by molar-refractivity contribution is 8.34. The summed E-state index contributed by atoms with van der Waals surface area (Å²) in [5.41, 5.74) is 11.3. The van der Waals surface area contributed by atoms with Gasteiger partial charge in [-0.1, -0.05) is 138 Å². The van der Waals surface area contributed by atoms with Gasteiger partial charge in [0.25, 0.3) is 0 Å². The van der Waals surface area contributed by atoms with Crippen LogP contribution >= 0.6 is 21.8 Å². The van der Waals surface area contributed by atoms with Crippen LogP contribution in [-0.2, 0) is 0 Å². The molecule has 11 rings (SSSR count). The van der Waals surface area contributed by atoms with E-state index >= 15 is 0 Å². The lowest BCUT2D eigenvalue weighted by Crippen LogP contribution is -2.15. The van der Waals surface area contributed by atoms with Gasteiger partial charge in [-0.2, -0.15) is 0 Å². The third-order valence-electron chi connectivity index (χ3n) is 11.4.